The molecule has 1 aliphatic rings. The van der Waals surface area contributed by atoms with Crippen molar-refractivity contribution in [3.8, 4) is 0 Å². The Labute approximate surface area is 73.4 Å². The summed E-state index contributed by atoms with van der Waals surface area (Å²) in [5.41, 5.74) is 0. The van der Waals surface area contributed by atoms with Gasteiger partial charge in [-0.25, -0.2) is 0 Å². The Hall–Kier alpha value is -0.570. The monoisotopic (exact) mass is 171 g/mol. The van der Waals surface area contributed by atoms with Crippen molar-refractivity contribution in [2.24, 2.45) is 0 Å². The number of aliphatic hydroxyl groups is 1. The molecule has 12 heavy (non-hydrogen) atoms. The summed E-state index contributed by atoms with van der Waals surface area (Å²) in [6.07, 6.45) is 3.00. The number of carbonyl (C=O) groups is 1. The smallest absolute Gasteiger partial charge is 0.222 e. The largest absolute Gasteiger partial charge is 0.391 e. The molecule has 3 heteroatoms. The zero-order valence-corrected chi connectivity index (χ0v) is 7.62. The Kier molecular flexibility index (Phi) is 3.53. The van der Waals surface area contributed by atoms with E-state index in [-0.39, 0.29) is 12.0 Å². The summed E-state index contributed by atoms with van der Waals surface area (Å²) in [6.45, 7) is 3.37. The molecule has 3 nitrogen and oxygen atoms in total. The van der Waals surface area contributed by atoms with Gasteiger partial charge in [-0.05, 0) is 19.3 Å². The van der Waals surface area contributed by atoms with Crippen molar-refractivity contribution in [1.29, 1.82) is 0 Å². The molecule has 0 spiro atoms. The van der Waals surface area contributed by atoms with Crippen LogP contribution in [0.3, 0.4) is 0 Å². The third kappa shape index (κ3) is 2.48. The highest BCUT2D eigenvalue weighted by Crippen LogP contribution is 2.11. The lowest BCUT2D eigenvalue weighted by molar-refractivity contribution is -0.134. The van der Waals surface area contributed by atoms with Crippen LogP contribution in [0.4, 0.5) is 0 Å². The Morgan fingerprint density at radius 1 is 1.67 bits per heavy atom. The zero-order valence-electron chi connectivity index (χ0n) is 7.62. The molecule has 0 aromatic carbocycles. The average Bonchev–Trinajstić information content (AvgIpc) is 2.05. The van der Waals surface area contributed by atoms with Crippen molar-refractivity contribution in [1.82, 2.24) is 4.90 Å². The van der Waals surface area contributed by atoms with Crippen molar-refractivity contribution in [3.05, 3.63) is 0 Å². The lowest BCUT2D eigenvalue weighted by Gasteiger charge is -2.30. The van der Waals surface area contributed by atoms with Crippen molar-refractivity contribution in [2.75, 3.05) is 13.1 Å². The normalized spacial score (nSPS) is 24.2. The number of hydrogen-bond acceptors (Lipinski definition) is 2. The van der Waals surface area contributed by atoms with E-state index in [1.165, 1.54) is 0 Å². The van der Waals surface area contributed by atoms with Gasteiger partial charge in [-0.15, -0.1) is 0 Å². The second kappa shape index (κ2) is 4.45. The van der Waals surface area contributed by atoms with Gasteiger partial charge in [0.1, 0.15) is 0 Å². The van der Waals surface area contributed by atoms with E-state index in [9.17, 15) is 9.90 Å². The third-order valence-electron chi connectivity index (χ3n) is 2.21. The Morgan fingerprint density at radius 3 is 3.00 bits per heavy atom. The van der Waals surface area contributed by atoms with Gasteiger partial charge in [-0.1, -0.05) is 6.92 Å². The van der Waals surface area contributed by atoms with Crippen LogP contribution in [0.2, 0.25) is 0 Å². The van der Waals surface area contributed by atoms with Gasteiger partial charge in [0.2, 0.25) is 5.91 Å². The van der Waals surface area contributed by atoms with Crippen LogP contribution in [-0.2, 0) is 4.79 Å². The molecule has 1 rings (SSSR count). The molecule has 0 radical (unpaired) electrons. The first kappa shape index (κ1) is 9.52. The molecule has 0 saturated carbocycles. The van der Waals surface area contributed by atoms with E-state index in [0.29, 0.717) is 13.0 Å². The molecular weight excluding hydrogens is 154 g/mol. The number of piperidine rings is 1. The van der Waals surface area contributed by atoms with Crippen LogP contribution in [0.25, 0.3) is 0 Å². The lowest BCUT2D eigenvalue weighted by Crippen LogP contribution is -2.41. The highest BCUT2D eigenvalue weighted by Gasteiger charge is 2.20. The Bertz CT molecular complexity index is 159. The number of hydrogen-bond donors (Lipinski definition) is 1. The van der Waals surface area contributed by atoms with Gasteiger partial charge in [-0.3, -0.25) is 4.79 Å². The second-order valence-electron chi connectivity index (χ2n) is 3.39. The van der Waals surface area contributed by atoms with Gasteiger partial charge in [0.25, 0.3) is 0 Å². The van der Waals surface area contributed by atoms with Crippen molar-refractivity contribution in [2.45, 2.75) is 38.7 Å². The van der Waals surface area contributed by atoms with Crippen LogP contribution in [-0.4, -0.2) is 35.1 Å². The number of amides is 1. The summed E-state index contributed by atoms with van der Waals surface area (Å²) in [7, 11) is 0. The van der Waals surface area contributed by atoms with Crippen LogP contribution in [0.1, 0.15) is 32.6 Å². The maximum absolute atomic E-state index is 11.4. The van der Waals surface area contributed by atoms with E-state index in [1.54, 1.807) is 4.90 Å². The molecular formula is C9H17NO2. The minimum Gasteiger partial charge on any atom is -0.391 e. The molecule has 70 valence electrons. The number of aliphatic hydroxyl groups excluding tert-OH is 1. The van der Waals surface area contributed by atoms with Crippen LogP contribution in [0, 0.1) is 0 Å². The highest BCUT2D eigenvalue weighted by molar-refractivity contribution is 5.76. The number of likely N-dealkylation sites (tertiary alicyclic amines) is 1. The minimum absolute atomic E-state index is 0.191. The van der Waals surface area contributed by atoms with Crippen LogP contribution in [0.5, 0.6) is 0 Å². The number of rotatable bonds is 2. The SMILES string of the molecule is CCCC(=O)N1CCCC(O)C1. The van der Waals surface area contributed by atoms with Crippen molar-refractivity contribution < 1.29 is 9.90 Å². The first-order chi connectivity index (χ1) is 5.74. The van der Waals surface area contributed by atoms with E-state index < -0.39 is 0 Å². The zero-order chi connectivity index (χ0) is 8.97. The highest BCUT2D eigenvalue weighted by atomic mass is 16.3. The molecule has 1 N–H and O–H groups in total. The number of carbonyl (C=O) groups excluding carboxylic acids is 1. The fraction of sp³-hybridized carbons (Fsp3) is 0.889. The average molecular weight is 171 g/mol. The summed E-state index contributed by atoms with van der Waals surface area (Å²) in [6, 6.07) is 0. The van der Waals surface area contributed by atoms with Gasteiger partial charge in [0.05, 0.1) is 6.10 Å². The van der Waals surface area contributed by atoms with E-state index >= 15 is 0 Å². The Balaban J connectivity index is 2.35. The van der Waals surface area contributed by atoms with Crippen molar-refractivity contribution >= 4 is 5.91 Å². The molecule has 1 atom stereocenters. The van der Waals surface area contributed by atoms with Gasteiger partial charge in [-0.2, -0.15) is 0 Å². The molecule has 1 saturated heterocycles. The molecule has 0 aliphatic carbocycles. The minimum atomic E-state index is -0.292. The predicted molar refractivity (Wildman–Crippen MR) is 46.7 cm³/mol. The molecule has 1 fully saturated rings. The topological polar surface area (TPSA) is 40.5 Å². The standard InChI is InChI=1S/C9H17NO2/c1-2-4-9(12)10-6-3-5-8(11)7-10/h8,11H,2-7H2,1H3. The summed E-state index contributed by atoms with van der Waals surface area (Å²) < 4.78 is 0. The molecule has 1 amide bonds. The van der Waals surface area contributed by atoms with Crippen LogP contribution in [0.15, 0.2) is 0 Å². The van der Waals surface area contributed by atoms with Gasteiger partial charge >= 0.3 is 0 Å². The first-order valence-corrected chi connectivity index (χ1v) is 4.70. The maximum atomic E-state index is 11.4. The summed E-state index contributed by atoms with van der Waals surface area (Å²) in [4.78, 5) is 13.1. The quantitative estimate of drug-likeness (QED) is 0.666. The van der Waals surface area contributed by atoms with Crippen LogP contribution >= 0.6 is 0 Å². The van der Waals surface area contributed by atoms with Gasteiger partial charge in [0.15, 0.2) is 0 Å². The molecule has 1 heterocycles. The predicted octanol–water partition coefficient (Wildman–Crippen LogP) is 0.770. The maximum Gasteiger partial charge on any atom is 0.222 e. The van der Waals surface area contributed by atoms with Crippen molar-refractivity contribution in [3.63, 3.8) is 0 Å². The van der Waals surface area contributed by atoms with E-state index in [4.69, 9.17) is 0 Å². The molecule has 0 aromatic rings. The summed E-state index contributed by atoms with van der Waals surface area (Å²) >= 11 is 0. The van der Waals surface area contributed by atoms with E-state index in [1.807, 2.05) is 6.92 Å². The van der Waals surface area contributed by atoms with Gasteiger partial charge < -0.3 is 10.0 Å². The second-order valence-corrected chi connectivity index (χ2v) is 3.39. The number of nitrogens with zero attached hydrogens (tertiary/aromatic N) is 1. The summed E-state index contributed by atoms with van der Waals surface area (Å²) in [5, 5.41) is 9.30. The molecule has 0 aromatic heterocycles. The Morgan fingerprint density at radius 2 is 2.42 bits per heavy atom. The number of β-amino-alcohol motifs (C(OH)–C–C–N with tert-alkyl or cyclic N) is 1. The molecule has 1 unspecified atom stereocenters. The third-order valence-corrected chi connectivity index (χ3v) is 2.21. The van der Waals surface area contributed by atoms with Gasteiger partial charge in [0, 0.05) is 19.5 Å². The van der Waals surface area contributed by atoms with E-state index in [0.717, 1.165) is 25.8 Å². The van der Waals surface area contributed by atoms with Crippen LogP contribution < -0.4 is 0 Å². The fourth-order valence-corrected chi connectivity index (χ4v) is 1.55. The fourth-order valence-electron chi connectivity index (χ4n) is 1.55. The lowest BCUT2D eigenvalue weighted by atomic mass is 10.1. The first-order valence-electron chi connectivity index (χ1n) is 4.70. The molecule has 1 aliphatic heterocycles. The molecule has 0 bridgehead atoms. The van der Waals surface area contributed by atoms with E-state index in [2.05, 4.69) is 0 Å². The summed E-state index contributed by atoms with van der Waals surface area (Å²) in [5.74, 6) is 0.191.